The van der Waals surface area contributed by atoms with Crippen molar-refractivity contribution in [2.45, 2.75) is 32.6 Å². The van der Waals surface area contributed by atoms with Crippen LogP contribution >= 0.6 is 0 Å². The van der Waals surface area contributed by atoms with E-state index in [1.54, 1.807) is 7.11 Å². The van der Waals surface area contributed by atoms with E-state index in [4.69, 9.17) is 15.2 Å². The molecule has 0 saturated heterocycles. The minimum Gasteiger partial charge on any atom is -0.497 e. The summed E-state index contributed by atoms with van der Waals surface area (Å²) in [6.45, 7) is 5.58. The Morgan fingerprint density at radius 3 is 2.26 bits per heavy atom. The third-order valence-electron chi connectivity index (χ3n) is 4.32. The van der Waals surface area contributed by atoms with Gasteiger partial charge in [0.2, 0.25) is 0 Å². The largest absolute Gasteiger partial charge is 0.497 e. The quantitative estimate of drug-likeness (QED) is 0.742. The summed E-state index contributed by atoms with van der Waals surface area (Å²) in [6.07, 6.45) is 2.01. The van der Waals surface area contributed by atoms with Crippen molar-refractivity contribution >= 4 is 0 Å². The molecule has 0 spiro atoms. The molecule has 0 aliphatic heterocycles. The van der Waals surface area contributed by atoms with Crippen LogP contribution in [-0.4, -0.2) is 20.3 Å². The molecule has 1 atom stereocenters. The number of ether oxygens (including phenoxy) is 2. The monoisotopic (exact) mass is 313 g/mol. The second-order valence-corrected chi connectivity index (χ2v) is 5.94. The fourth-order valence-corrected chi connectivity index (χ4v) is 2.62. The summed E-state index contributed by atoms with van der Waals surface area (Å²) >= 11 is 0. The third-order valence-corrected chi connectivity index (χ3v) is 4.32. The van der Waals surface area contributed by atoms with Gasteiger partial charge >= 0.3 is 0 Å². The predicted octanol–water partition coefficient (Wildman–Crippen LogP) is 4.21. The van der Waals surface area contributed by atoms with Gasteiger partial charge in [-0.05, 0) is 80.1 Å². The van der Waals surface area contributed by atoms with Crippen molar-refractivity contribution in [3.05, 3.63) is 59.2 Å². The summed E-state index contributed by atoms with van der Waals surface area (Å²) in [5, 5.41) is 0. The molecule has 23 heavy (non-hydrogen) atoms. The molecule has 3 nitrogen and oxygen atoms in total. The molecule has 1 unspecified atom stereocenters. The first-order chi connectivity index (χ1) is 11.1. The lowest BCUT2D eigenvalue weighted by Gasteiger charge is -2.16. The summed E-state index contributed by atoms with van der Waals surface area (Å²) in [5.74, 6) is 2.19. The number of benzene rings is 2. The van der Waals surface area contributed by atoms with Crippen molar-refractivity contribution in [1.29, 1.82) is 0 Å². The Hall–Kier alpha value is -2.00. The Morgan fingerprint density at radius 2 is 1.65 bits per heavy atom. The lowest BCUT2D eigenvalue weighted by atomic mass is 9.94. The minimum absolute atomic E-state index is 0.365. The number of hydrogen-bond acceptors (Lipinski definition) is 3. The zero-order chi connectivity index (χ0) is 16.7. The van der Waals surface area contributed by atoms with Gasteiger partial charge in [0.05, 0.1) is 13.7 Å². The lowest BCUT2D eigenvalue weighted by Crippen LogP contribution is -2.13. The van der Waals surface area contributed by atoms with Gasteiger partial charge in [-0.3, -0.25) is 0 Å². The number of hydrogen-bond donors (Lipinski definition) is 1. The highest BCUT2D eigenvalue weighted by Crippen LogP contribution is 2.23. The molecule has 0 bridgehead atoms. The Kier molecular flexibility index (Phi) is 6.48. The van der Waals surface area contributed by atoms with Gasteiger partial charge in [0.25, 0.3) is 0 Å². The van der Waals surface area contributed by atoms with E-state index in [-0.39, 0.29) is 0 Å². The van der Waals surface area contributed by atoms with E-state index in [0.717, 1.165) is 30.9 Å². The molecule has 3 heteroatoms. The van der Waals surface area contributed by atoms with Crippen LogP contribution in [-0.2, 0) is 0 Å². The van der Waals surface area contributed by atoms with E-state index in [1.165, 1.54) is 16.7 Å². The van der Waals surface area contributed by atoms with E-state index in [0.29, 0.717) is 12.5 Å². The summed E-state index contributed by atoms with van der Waals surface area (Å²) in [4.78, 5) is 0. The van der Waals surface area contributed by atoms with Crippen LogP contribution in [0.5, 0.6) is 11.5 Å². The predicted molar refractivity (Wildman–Crippen MR) is 95.4 cm³/mol. The van der Waals surface area contributed by atoms with Crippen LogP contribution in [0.2, 0.25) is 0 Å². The summed E-state index contributed by atoms with van der Waals surface area (Å²) in [5.41, 5.74) is 9.75. The van der Waals surface area contributed by atoms with Crippen LogP contribution in [0.15, 0.2) is 42.5 Å². The van der Waals surface area contributed by atoms with Crippen LogP contribution < -0.4 is 15.2 Å². The summed E-state index contributed by atoms with van der Waals surface area (Å²) in [6, 6.07) is 14.4. The van der Waals surface area contributed by atoms with Crippen molar-refractivity contribution in [1.82, 2.24) is 0 Å². The third kappa shape index (κ3) is 5.00. The van der Waals surface area contributed by atoms with Crippen molar-refractivity contribution in [2.24, 2.45) is 5.73 Å². The van der Waals surface area contributed by atoms with Crippen LogP contribution in [0.25, 0.3) is 0 Å². The molecule has 124 valence electrons. The highest BCUT2D eigenvalue weighted by atomic mass is 16.5. The number of methoxy groups -OCH3 is 1. The Bertz CT molecular complexity index is 608. The second kappa shape index (κ2) is 8.59. The van der Waals surface area contributed by atoms with Gasteiger partial charge < -0.3 is 15.2 Å². The molecule has 0 fully saturated rings. The molecule has 2 aromatic carbocycles. The van der Waals surface area contributed by atoms with Crippen LogP contribution in [0, 0.1) is 13.8 Å². The fourth-order valence-electron chi connectivity index (χ4n) is 2.62. The molecular weight excluding hydrogens is 286 g/mol. The normalized spacial score (nSPS) is 12.0. The minimum atomic E-state index is 0.365. The summed E-state index contributed by atoms with van der Waals surface area (Å²) in [7, 11) is 1.68. The van der Waals surface area contributed by atoms with Gasteiger partial charge in [-0.1, -0.05) is 18.2 Å². The second-order valence-electron chi connectivity index (χ2n) is 5.94. The lowest BCUT2D eigenvalue weighted by molar-refractivity contribution is 0.301. The van der Waals surface area contributed by atoms with Crippen LogP contribution in [0.3, 0.4) is 0 Å². The van der Waals surface area contributed by atoms with E-state index in [2.05, 4.69) is 38.1 Å². The van der Waals surface area contributed by atoms with Crippen molar-refractivity contribution in [3.63, 3.8) is 0 Å². The molecule has 0 aromatic heterocycles. The Balaban J connectivity index is 1.82. The first-order valence-electron chi connectivity index (χ1n) is 8.18. The number of rotatable bonds is 8. The first kappa shape index (κ1) is 17.4. The van der Waals surface area contributed by atoms with Gasteiger partial charge in [-0.15, -0.1) is 0 Å². The molecule has 0 aliphatic carbocycles. The molecule has 0 amide bonds. The molecule has 0 saturated carbocycles. The molecule has 2 aromatic rings. The van der Waals surface area contributed by atoms with Gasteiger partial charge in [0.1, 0.15) is 11.5 Å². The number of nitrogens with two attached hydrogens (primary N) is 1. The smallest absolute Gasteiger partial charge is 0.119 e. The van der Waals surface area contributed by atoms with E-state index in [9.17, 15) is 0 Å². The molecule has 2 rings (SSSR count). The topological polar surface area (TPSA) is 44.5 Å². The maximum Gasteiger partial charge on any atom is 0.119 e. The first-order valence-corrected chi connectivity index (χ1v) is 8.18. The Morgan fingerprint density at radius 1 is 0.957 bits per heavy atom. The molecule has 0 radical (unpaired) electrons. The maximum atomic E-state index is 5.93. The average molecular weight is 313 g/mol. The van der Waals surface area contributed by atoms with E-state index >= 15 is 0 Å². The van der Waals surface area contributed by atoms with Crippen molar-refractivity contribution in [2.75, 3.05) is 20.3 Å². The van der Waals surface area contributed by atoms with Gasteiger partial charge in [0.15, 0.2) is 0 Å². The van der Waals surface area contributed by atoms with E-state index < -0.39 is 0 Å². The van der Waals surface area contributed by atoms with Gasteiger partial charge in [-0.2, -0.15) is 0 Å². The molecule has 0 heterocycles. The average Bonchev–Trinajstić information content (AvgIpc) is 2.58. The van der Waals surface area contributed by atoms with Crippen molar-refractivity contribution < 1.29 is 9.47 Å². The zero-order valence-electron chi connectivity index (χ0n) is 14.3. The van der Waals surface area contributed by atoms with Gasteiger partial charge in [0, 0.05) is 0 Å². The molecule has 0 aliphatic rings. The zero-order valence-corrected chi connectivity index (χ0v) is 14.3. The Labute approximate surface area is 139 Å². The van der Waals surface area contributed by atoms with Crippen LogP contribution in [0.1, 0.15) is 35.4 Å². The van der Waals surface area contributed by atoms with Crippen LogP contribution in [0.4, 0.5) is 0 Å². The molecular formula is C20H27NO2. The summed E-state index contributed by atoms with van der Waals surface area (Å²) < 4.78 is 11.0. The standard InChI is InChI=1S/C20H27NO2/c1-15-6-9-20(13-16(15)2)23-12-4-5-18(14-21)17-7-10-19(22-3)11-8-17/h6-11,13,18H,4-5,12,14,21H2,1-3H3. The SMILES string of the molecule is COc1ccc(C(CN)CCCOc2ccc(C)c(C)c2)cc1. The maximum absolute atomic E-state index is 5.93. The van der Waals surface area contributed by atoms with Crippen molar-refractivity contribution in [3.8, 4) is 11.5 Å². The van der Waals surface area contributed by atoms with Gasteiger partial charge in [-0.25, -0.2) is 0 Å². The fraction of sp³-hybridized carbons (Fsp3) is 0.400. The highest BCUT2D eigenvalue weighted by Gasteiger charge is 2.10. The number of aryl methyl sites for hydroxylation is 2. The highest BCUT2D eigenvalue weighted by molar-refractivity contribution is 5.33. The van der Waals surface area contributed by atoms with E-state index in [1.807, 2.05) is 18.2 Å². The molecule has 2 N–H and O–H groups in total.